The second-order valence-electron chi connectivity index (χ2n) is 8.04. The third-order valence-corrected chi connectivity index (χ3v) is 6.10. The van der Waals surface area contributed by atoms with Gasteiger partial charge in [-0.25, -0.2) is 0 Å². The van der Waals surface area contributed by atoms with Crippen LogP contribution < -0.4 is 0 Å². The summed E-state index contributed by atoms with van der Waals surface area (Å²) in [5, 5.41) is 0. The fourth-order valence-electron chi connectivity index (χ4n) is 4.14. The predicted molar refractivity (Wildman–Crippen MR) is 105 cm³/mol. The van der Waals surface area contributed by atoms with Gasteiger partial charge in [-0.2, -0.15) is 0 Å². The fraction of sp³-hybridized carbons (Fsp3) is 0.667. The SMILES string of the molecule is CN1CCN(C(=O)C2CCC(C(=O)N(C)CCc3ccncc3)CC2)CC1. The zero-order valence-corrected chi connectivity index (χ0v) is 16.6. The first kappa shape index (κ1) is 19.8. The molecule has 0 N–H and O–H groups in total. The lowest BCUT2D eigenvalue weighted by Gasteiger charge is -2.36. The van der Waals surface area contributed by atoms with Crippen LogP contribution in [-0.2, 0) is 16.0 Å². The van der Waals surface area contributed by atoms with Gasteiger partial charge >= 0.3 is 0 Å². The predicted octanol–water partition coefficient (Wildman–Crippen LogP) is 1.66. The Morgan fingerprint density at radius 2 is 1.63 bits per heavy atom. The van der Waals surface area contributed by atoms with Crippen molar-refractivity contribution < 1.29 is 9.59 Å². The second-order valence-corrected chi connectivity index (χ2v) is 8.04. The Kier molecular flexibility index (Phi) is 6.83. The molecule has 1 aromatic rings. The lowest BCUT2D eigenvalue weighted by molar-refractivity contribution is -0.141. The normalized spacial score (nSPS) is 23.9. The van der Waals surface area contributed by atoms with Gasteiger partial charge in [0, 0.05) is 64.0 Å². The first-order valence-electron chi connectivity index (χ1n) is 10.2. The number of piperazine rings is 1. The number of rotatable bonds is 5. The maximum atomic E-state index is 12.7. The van der Waals surface area contributed by atoms with E-state index in [9.17, 15) is 9.59 Å². The highest BCUT2D eigenvalue weighted by molar-refractivity contribution is 5.81. The van der Waals surface area contributed by atoms with Crippen molar-refractivity contribution in [2.75, 3.05) is 46.8 Å². The van der Waals surface area contributed by atoms with Crippen molar-refractivity contribution in [1.29, 1.82) is 0 Å². The van der Waals surface area contributed by atoms with E-state index in [-0.39, 0.29) is 17.7 Å². The van der Waals surface area contributed by atoms with Crippen LogP contribution in [-0.4, -0.2) is 78.3 Å². The Labute approximate surface area is 162 Å². The van der Waals surface area contributed by atoms with E-state index < -0.39 is 0 Å². The molecule has 1 aliphatic carbocycles. The Bertz CT molecular complexity index is 620. The van der Waals surface area contributed by atoms with Gasteiger partial charge in [-0.1, -0.05) is 0 Å². The van der Waals surface area contributed by atoms with E-state index in [0.717, 1.165) is 64.8 Å². The molecule has 6 nitrogen and oxygen atoms in total. The molecule has 1 aliphatic heterocycles. The van der Waals surface area contributed by atoms with Gasteiger partial charge in [-0.05, 0) is 56.8 Å². The van der Waals surface area contributed by atoms with Gasteiger partial charge in [0.25, 0.3) is 0 Å². The Morgan fingerprint density at radius 3 is 2.26 bits per heavy atom. The van der Waals surface area contributed by atoms with E-state index in [1.807, 2.05) is 29.0 Å². The molecule has 2 heterocycles. The van der Waals surface area contributed by atoms with Crippen molar-refractivity contribution >= 4 is 11.8 Å². The molecular formula is C21H32N4O2. The van der Waals surface area contributed by atoms with Gasteiger partial charge in [0.2, 0.25) is 11.8 Å². The fourth-order valence-corrected chi connectivity index (χ4v) is 4.14. The van der Waals surface area contributed by atoms with Gasteiger partial charge in [-0.15, -0.1) is 0 Å². The summed E-state index contributed by atoms with van der Waals surface area (Å²) in [6, 6.07) is 3.99. The van der Waals surface area contributed by atoms with E-state index in [0.29, 0.717) is 5.91 Å². The van der Waals surface area contributed by atoms with E-state index >= 15 is 0 Å². The summed E-state index contributed by atoms with van der Waals surface area (Å²) >= 11 is 0. The molecule has 0 atom stereocenters. The molecule has 0 aromatic carbocycles. The quantitative estimate of drug-likeness (QED) is 0.789. The van der Waals surface area contributed by atoms with Gasteiger partial charge in [0.1, 0.15) is 0 Å². The van der Waals surface area contributed by atoms with Crippen molar-refractivity contribution in [3.8, 4) is 0 Å². The Morgan fingerprint density at radius 1 is 1.04 bits per heavy atom. The number of hydrogen-bond donors (Lipinski definition) is 0. The van der Waals surface area contributed by atoms with Crippen LogP contribution in [0, 0.1) is 11.8 Å². The highest BCUT2D eigenvalue weighted by atomic mass is 16.2. The zero-order valence-electron chi connectivity index (χ0n) is 16.6. The van der Waals surface area contributed by atoms with Gasteiger partial charge < -0.3 is 14.7 Å². The van der Waals surface area contributed by atoms with Crippen molar-refractivity contribution in [2.24, 2.45) is 11.8 Å². The summed E-state index contributed by atoms with van der Waals surface area (Å²) in [4.78, 5) is 35.7. The maximum absolute atomic E-state index is 12.7. The van der Waals surface area contributed by atoms with Gasteiger partial charge in [-0.3, -0.25) is 14.6 Å². The summed E-state index contributed by atoms with van der Waals surface area (Å²) in [7, 11) is 3.99. The molecule has 0 bridgehead atoms. The molecule has 27 heavy (non-hydrogen) atoms. The number of carbonyl (C=O) groups is 2. The molecule has 2 aliphatic rings. The molecule has 1 saturated carbocycles. The van der Waals surface area contributed by atoms with Crippen LogP contribution in [0.15, 0.2) is 24.5 Å². The molecule has 6 heteroatoms. The number of aromatic nitrogens is 1. The van der Waals surface area contributed by atoms with Gasteiger partial charge in [0.05, 0.1) is 0 Å². The highest BCUT2D eigenvalue weighted by Crippen LogP contribution is 2.31. The van der Waals surface area contributed by atoms with E-state index in [2.05, 4.69) is 16.9 Å². The van der Waals surface area contributed by atoms with E-state index in [4.69, 9.17) is 0 Å². The molecule has 2 amide bonds. The zero-order chi connectivity index (χ0) is 19.2. The summed E-state index contributed by atoms with van der Waals surface area (Å²) in [6.45, 7) is 4.32. The molecule has 2 fully saturated rings. The standard InChI is InChI=1S/C21H32N4O2/c1-23-13-15-25(16-14-23)21(27)19-5-3-18(4-6-19)20(26)24(2)12-9-17-7-10-22-11-8-17/h7-8,10-11,18-19H,3-6,9,12-16H2,1-2H3. The summed E-state index contributed by atoms with van der Waals surface area (Å²) in [6.07, 6.45) is 7.79. The smallest absolute Gasteiger partial charge is 0.225 e. The van der Waals surface area contributed by atoms with Crippen LogP contribution in [0.4, 0.5) is 0 Å². The minimum absolute atomic E-state index is 0.0731. The van der Waals surface area contributed by atoms with E-state index in [1.165, 1.54) is 5.56 Å². The van der Waals surface area contributed by atoms with Crippen molar-refractivity contribution in [3.63, 3.8) is 0 Å². The lowest BCUT2D eigenvalue weighted by atomic mass is 9.80. The van der Waals surface area contributed by atoms with Crippen LogP contribution >= 0.6 is 0 Å². The van der Waals surface area contributed by atoms with Crippen LogP contribution in [0.25, 0.3) is 0 Å². The second kappa shape index (κ2) is 9.31. The van der Waals surface area contributed by atoms with Gasteiger partial charge in [0.15, 0.2) is 0 Å². The van der Waals surface area contributed by atoms with Crippen molar-refractivity contribution in [1.82, 2.24) is 19.7 Å². The number of nitrogens with zero attached hydrogens (tertiary/aromatic N) is 4. The number of carbonyl (C=O) groups excluding carboxylic acids is 2. The Balaban J connectivity index is 1.42. The minimum atomic E-state index is 0.0731. The summed E-state index contributed by atoms with van der Waals surface area (Å²) < 4.78 is 0. The number of pyridine rings is 1. The van der Waals surface area contributed by atoms with Crippen LogP contribution in [0.3, 0.4) is 0 Å². The Hall–Kier alpha value is -1.95. The molecule has 0 radical (unpaired) electrons. The van der Waals surface area contributed by atoms with Crippen LogP contribution in [0.1, 0.15) is 31.2 Å². The average molecular weight is 373 g/mol. The molecular weight excluding hydrogens is 340 g/mol. The minimum Gasteiger partial charge on any atom is -0.345 e. The monoisotopic (exact) mass is 372 g/mol. The third kappa shape index (κ3) is 5.28. The number of likely N-dealkylation sites (N-methyl/N-ethyl adjacent to an activating group) is 2. The van der Waals surface area contributed by atoms with Crippen molar-refractivity contribution in [2.45, 2.75) is 32.1 Å². The summed E-state index contributed by atoms with van der Waals surface area (Å²) in [5.74, 6) is 0.721. The molecule has 0 spiro atoms. The van der Waals surface area contributed by atoms with Crippen LogP contribution in [0.2, 0.25) is 0 Å². The third-order valence-electron chi connectivity index (χ3n) is 6.10. The molecule has 3 rings (SSSR count). The number of amides is 2. The maximum Gasteiger partial charge on any atom is 0.225 e. The van der Waals surface area contributed by atoms with E-state index in [1.54, 1.807) is 12.4 Å². The molecule has 0 unspecified atom stereocenters. The summed E-state index contributed by atoms with van der Waals surface area (Å²) in [5.41, 5.74) is 1.20. The van der Waals surface area contributed by atoms with Crippen LogP contribution in [0.5, 0.6) is 0 Å². The first-order valence-corrected chi connectivity index (χ1v) is 10.2. The molecule has 148 valence electrons. The molecule has 1 aromatic heterocycles. The topological polar surface area (TPSA) is 56.8 Å². The van der Waals surface area contributed by atoms with Crippen molar-refractivity contribution in [3.05, 3.63) is 30.1 Å². The first-order chi connectivity index (χ1) is 13.0. The molecule has 1 saturated heterocycles. The highest BCUT2D eigenvalue weighted by Gasteiger charge is 2.33. The number of hydrogen-bond acceptors (Lipinski definition) is 4. The lowest BCUT2D eigenvalue weighted by Crippen LogP contribution is -2.49. The average Bonchev–Trinajstić information content (AvgIpc) is 2.72. The largest absolute Gasteiger partial charge is 0.345 e.